The van der Waals surface area contributed by atoms with Gasteiger partial charge >= 0.3 is 0 Å². The summed E-state index contributed by atoms with van der Waals surface area (Å²) < 4.78 is 0. The van der Waals surface area contributed by atoms with Crippen molar-refractivity contribution in [2.75, 3.05) is 0 Å². The van der Waals surface area contributed by atoms with Crippen LogP contribution in [0.15, 0.2) is 109 Å². The summed E-state index contributed by atoms with van der Waals surface area (Å²) in [6.45, 7) is 0. The average Bonchev–Trinajstić information content (AvgIpc) is 3.58. The van der Waals surface area contributed by atoms with Crippen LogP contribution in [0, 0.1) is 0 Å². The van der Waals surface area contributed by atoms with Crippen LogP contribution in [0.1, 0.15) is 64.2 Å². The molecule has 0 nitrogen and oxygen atoms in total. The molecule has 0 unspecified atom stereocenters. The average molecular weight is 375 g/mol. The molecule has 1 aromatic carbocycles. The SMILES string of the molecule is C1=CCC=C1.C1=CCC=CC1.C1=CCCC1.C1=CCCCC1.c1ccccc1. The zero-order valence-electron chi connectivity index (χ0n) is 17.5. The molecule has 4 aliphatic rings. The number of hydrogen-bond acceptors (Lipinski definition) is 0. The van der Waals surface area contributed by atoms with Crippen molar-refractivity contribution < 1.29 is 0 Å². The molecule has 1 aromatic rings. The molecule has 0 atom stereocenters. The minimum atomic E-state index is 1.14. The molecule has 0 bridgehead atoms. The van der Waals surface area contributed by atoms with E-state index in [0.29, 0.717) is 0 Å². The summed E-state index contributed by atoms with van der Waals surface area (Å²) in [4.78, 5) is 0. The molecule has 0 aromatic heterocycles. The van der Waals surface area contributed by atoms with Crippen LogP contribution in [0.5, 0.6) is 0 Å². The molecule has 0 amide bonds. The highest BCUT2D eigenvalue weighted by molar-refractivity contribution is 5.12. The Bertz CT molecular complexity index is 523. The molecule has 0 heterocycles. The topological polar surface area (TPSA) is 0 Å². The smallest absolute Gasteiger partial charge is 0.0163 e. The number of benzene rings is 1. The molecular formula is C28H38. The Morgan fingerprint density at radius 2 is 0.607 bits per heavy atom. The first kappa shape index (κ1) is 23.7. The zero-order valence-corrected chi connectivity index (χ0v) is 17.5. The van der Waals surface area contributed by atoms with E-state index in [1.807, 2.05) is 36.4 Å². The Morgan fingerprint density at radius 1 is 0.286 bits per heavy atom. The van der Waals surface area contributed by atoms with Gasteiger partial charge in [0.1, 0.15) is 0 Å². The molecule has 0 aliphatic heterocycles. The van der Waals surface area contributed by atoms with Crippen molar-refractivity contribution in [3.63, 3.8) is 0 Å². The third kappa shape index (κ3) is 18.5. The van der Waals surface area contributed by atoms with Crippen LogP contribution >= 0.6 is 0 Å². The van der Waals surface area contributed by atoms with Crippen LogP contribution in [0.2, 0.25) is 0 Å². The highest BCUT2D eigenvalue weighted by Crippen LogP contribution is 2.07. The third-order valence-electron chi connectivity index (χ3n) is 4.27. The fourth-order valence-corrected chi connectivity index (χ4v) is 2.67. The van der Waals surface area contributed by atoms with Crippen LogP contribution in [-0.2, 0) is 0 Å². The summed E-state index contributed by atoms with van der Waals surface area (Å²) in [5.41, 5.74) is 0. The van der Waals surface area contributed by atoms with Gasteiger partial charge in [-0.1, -0.05) is 109 Å². The van der Waals surface area contributed by atoms with Gasteiger partial charge in [0.15, 0.2) is 0 Å². The molecule has 5 rings (SSSR count). The van der Waals surface area contributed by atoms with Crippen LogP contribution < -0.4 is 0 Å². The minimum absolute atomic E-state index is 1.14. The standard InChI is InChI=1S/C6H10.C6H8.C6H6.C5H8.C5H6/c3*1-2-4-6-5-3-1;2*1-2-4-5-3-1/h1-2H,3-6H2;1-2,5-6H,3-4H2;1-6H;1-2H,3-5H2;1-4H,5H2. The molecule has 0 N–H and O–H groups in total. The van der Waals surface area contributed by atoms with Gasteiger partial charge in [-0.3, -0.25) is 0 Å². The van der Waals surface area contributed by atoms with Crippen molar-refractivity contribution in [3.05, 3.63) is 109 Å². The lowest BCUT2D eigenvalue weighted by molar-refractivity contribution is 0.730. The lowest BCUT2D eigenvalue weighted by Gasteiger charge is -1.97. The summed E-state index contributed by atoms with van der Waals surface area (Å²) in [7, 11) is 0. The summed E-state index contributed by atoms with van der Waals surface area (Å²) in [6, 6.07) is 12.0. The van der Waals surface area contributed by atoms with Crippen molar-refractivity contribution in [2.24, 2.45) is 0 Å². The van der Waals surface area contributed by atoms with Crippen LogP contribution in [-0.4, -0.2) is 0 Å². The molecule has 0 fully saturated rings. The lowest BCUT2D eigenvalue weighted by Crippen LogP contribution is -1.77. The van der Waals surface area contributed by atoms with E-state index in [1.165, 1.54) is 44.9 Å². The highest BCUT2D eigenvalue weighted by Gasteiger charge is 1.87. The van der Waals surface area contributed by atoms with Gasteiger partial charge in [-0.15, -0.1) is 0 Å². The predicted molar refractivity (Wildman–Crippen MR) is 127 cm³/mol. The Hall–Kier alpha value is -2.34. The molecule has 0 heteroatoms. The van der Waals surface area contributed by atoms with Crippen molar-refractivity contribution in [2.45, 2.75) is 64.2 Å². The van der Waals surface area contributed by atoms with Gasteiger partial charge in [0, 0.05) is 0 Å². The fourth-order valence-electron chi connectivity index (χ4n) is 2.67. The maximum atomic E-state index is 2.27. The number of hydrogen-bond donors (Lipinski definition) is 0. The van der Waals surface area contributed by atoms with E-state index in [-0.39, 0.29) is 0 Å². The summed E-state index contributed by atoms with van der Waals surface area (Å²) in [5.74, 6) is 0. The molecule has 0 saturated heterocycles. The van der Waals surface area contributed by atoms with Gasteiger partial charge in [-0.2, -0.15) is 0 Å². The minimum Gasteiger partial charge on any atom is -0.0885 e. The molecule has 4 aliphatic carbocycles. The van der Waals surface area contributed by atoms with Crippen LogP contribution in [0.4, 0.5) is 0 Å². The Morgan fingerprint density at radius 3 is 0.786 bits per heavy atom. The maximum absolute atomic E-state index is 2.27. The first-order valence-corrected chi connectivity index (χ1v) is 10.9. The van der Waals surface area contributed by atoms with Gasteiger partial charge in [-0.25, -0.2) is 0 Å². The second-order valence-corrected chi connectivity index (χ2v) is 6.82. The van der Waals surface area contributed by atoms with E-state index in [9.17, 15) is 0 Å². The molecular weight excluding hydrogens is 336 g/mol. The highest BCUT2D eigenvalue weighted by atomic mass is 13.9. The Balaban J connectivity index is 0.000000175. The van der Waals surface area contributed by atoms with Crippen LogP contribution in [0.3, 0.4) is 0 Å². The number of rotatable bonds is 0. The normalized spacial score (nSPS) is 17.1. The van der Waals surface area contributed by atoms with E-state index < -0.39 is 0 Å². The van der Waals surface area contributed by atoms with E-state index in [4.69, 9.17) is 0 Å². The maximum Gasteiger partial charge on any atom is -0.0163 e. The summed E-state index contributed by atoms with van der Waals surface area (Å²) in [5, 5.41) is 0. The van der Waals surface area contributed by atoms with Gasteiger partial charge in [0.25, 0.3) is 0 Å². The quantitative estimate of drug-likeness (QED) is 0.398. The van der Waals surface area contributed by atoms with Gasteiger partial charge in [0.2, 0.25) is 0 Å². The zero-order chi connectivity index (χ0) is 19.8. The van der Waals surface area contributed by atoms with Crippen molar-refractivity contribution in [1.82, 2.24) is 0 Å². The van der Waals surface area contributed by atoms with Crippen LogP contribution in [0.25, 0.3) is 0 Å². The molecule has 150 valence electrons. The van der Waals surface area contributed by atoms with E-state index in [2.05, 4.69) is 72.9 Å². The Kier molecular flexibility index (Phi) is 17.7. The summed E-state index contributed by atoms with van der Waals surface area (Å²) in [6.07, 6.45) is 39.0. The first-order valence-electron chi connectivity index (χ1n) is 10.9. The molecule has 0 saturated carbocycles. The first-order chi connectivity index (χ1) is 14.0. The molecule has 0 radical (unpaired) electrons. The van der Waals surface area contributed by atoms with Crippen molar-refractivity contribution >= 4 is 0 Å². The molecule has 0 spiro atoms. The van der Waals surface area contributed by atoms with Crippen molar-refractivity contribution in [1.29, 1.82) is 0 Å². The Labute approximate surface area is 173 Å². The van der Waals surface area contributed by atoms with Crippen molar-refractivity contribution in [3.8, 4) is 0 Å². The third-order valence-corrected chi connectivity index (χ3v) is 4.27. The van der Waals surface area contributed by atoms with Gasteiger partial charge < -0.3 is 0 Å². The summed E-state index contributed by atoms with van der Waals surface area (Å²) >= 11 is 0. The van der Waals surface area contributed by atoms with Gasteiger partial charge in [0.05, 0.1) is 0 Å². The number of allylic oxidation sites excluding steroid dienone is 12. The second kappa shape index (κ2) is 21.0. The molecule has 28 heavy (non-hydrogen) atoms. The van der Waals surface area contributed by atoms with E-state index >= 15 is 0 Å². The lowest BCUT2D eigenvalue weighted by atomic mass is 10.1. The largest absolute Gasteiger partial charge is 0.0885 e. The second-order valence-electron chi connectivity index (χ2n) is 6.82. The predicted octanol–water partition coefficient (Wildman–Crippen LogP) is 8.92. The van der Waals surface area contributed by atoms with E-state index in [0.717, 1.165) is 19.3 Å². The monoisotopic (exact) mass is 374 g/mol. The fraction of sp³-hybridized carbons (Fsp3) is 0.357. The van der Waals surface area contributed by atoms with E-state index in [1.54, 1.807) is 0 Å². The van der Waals surface area contributed by atoms with Gasteiger partial charge in [-0.05, 0) is 64.2 Å².